The van der Waals surface area contributed by atoms with E-state index in [0.717, 1.165) is 51.9 Å². The number of urea groups is 2. The average molecular weight is 268 g/mol. The molecule has 4 amide bonds. The van der Waals surface area contributed by atoms with Crippen molar-refractivity contribution >= 4 is 12.1 Å². The topological polar surface area (TPSA) is 64.7 Å². The maximum absolute atomic E-state index is 12.0. The number of carbonyl (C=O) groups is 2. The van der Waals surface area contributed by atoms with Gasteiger partial charge in [-0.1, -0.05) is 13.3 Å². The van der Waals surface area contributed by atoms with E-state index in [1.54, 1.807) is 0 Å². The van der Waals surface area contributed by atoms with Gasteiger partial charge in [-0.05, 0) is 19.3 Å². The van der Waals surface area contributed by atoms with Gasteiger partial charge in [-0.3, -0.25) is 0 Å². The van der Waals surface area contributed by atoms with Crippen LogP contribution in [-0.4, -0.2) is 60.6 Å². The van der Waals surface area contributed by atoms with E-state index in [4.69, 9.17) is 0 Å². The van der Waals surface area contributed by atoms with Gasteiger partial charge in [0.25, 0.3) is 0 Å². The number of unbranched alkanes of at least 4 members (excludes halogenated alkanes) is 1. The molecule has 0 saturated carbocycles. The highest BCUT2D eigenvalue weighted by Crippen LogP contribution is 2.17. The van der Waals surface area contributed by atoms with Gasteiger partial charge in [0.1, 0.15) is 0 Å². The number of piperidine rings is 1. The third kappa shape index (κ3) is 3.52. The summed E-state index contributed by atoms with van der Waals surface area (Å²) in [4.78, 5) is 27.4. The monoisotopic (exact) mass is 268 g/mol. The first-order valence-corrected chi connectivity index (χ1v) is 7.29. The summed E-state index contributed by atoms with van der Waals surface area (Å²) in [5, 5.41) is 5.76. The van der Waals surface area contributed by atoms with Gasteiger partial charge in [-0.2, -0.15) is 0 Å². The Morgan fingerprint density at radius 2 is 2.32 bits per heavy atom. The smallest absolute Gasteiger partial charge is 0.317 e. The Balaban J connectivity index is 1.82. The van der Waals surface area contributed by atoms with Crippen molar-refractivity contribution in [2.45, 2.75) is 38.6 Å². The lowest BCUT2D eigenvalue weighted by Gasteiger charge is -2.37. The largest absolute Gasteiger partial charge is 0.338 e. The van der Waals surface area contributed by atoms with Gasteiger partial charge in [-0.15, -0.1) is 0 Å². The summed E-state index contributed by atoms with van der Waals surface area (Å²) in [6.07, 6.45) is 4.05. The summed E-state index contributed by atoms with van der Waals surface area (Å²) < 4.78 is 0. The minimum atomic E-state index is 0.0118. The van der Waals surface area contributed by atoms with Crippen LogP contribution in [0.4, 0.5) is 9.59 Å². The molecule has 0 bridgehead atoms. The highest BCUT2D eigenvalue weighted by atomic mass is 16.2. The van der Waals surface area contributed by atoms with E-state index in [2.05, 4.69) is 17.6 Å². The van der Waals surface area contributed by atoms with Crippen LogP contribution < -0.4 is 10.6 Å². The average Bonchev–Trinajstić information content (AvgIpc) is 2.85. The number of carbonyl (C=O) groups excluding carboxylic acids is 2. The van der Waals surface area contributed by atoms with Crippen molar-refractivity contribution in [1.29, 1.82) is 0 Å². The second-order valence-corrected chi connectivity index (χ2v) is 5.25. The van der Waals surface area contributed by atoms with Crippen molar-refractivity contribution in [1.82, 2.24) is 20.4 Å². The predicted octanol–water partition coefficient (Wildman–Crippen LogP) is 0.986. The van der Waals surface area contributed by atoms with E-state index in [-0.39, 0.29) is 18.1 Å². The van der Waals surface area contributed by atoms with Crippen LogP contribution in [-0.2, 0) is 0 Å². The van der Waals surface area contributed by atoms with E-state index in [1.165, 1.54) is 0 Å². The first-order valence-electron chi connectivity index (χ1n) is 7.29. The Hall–Kier alpha value is -1.46. The molecule has 2 fully saturated rings. The molecule has 0 spiro atoms. The zero-order valence-electron chi connectivity index (χ0n) is 11.7. The van der Waals surface area contributed by atoms with Crippen molar-refractivity contribution in [3.63, 3.8) is 0 Å². The number of hydrogen-bond donors (Lipinski definition) is 2. The van der Waals surface area contributed by atoms with Gasteiger partial charge >= 0.3 is 12.1 Å². The molecule has 6 nitrogen and oxygen atoms in total. The lowest BCUT2D eigenvalue weighted by molar-refractivity contribution is 0.133. The Morgan fingerprint density at radius 3 is 3.00 bits per heavy atom. The molecule has 6 heteroatoms. The van der Waals surface area contributed by atoms with E-state index in [1.807, 2.05) is 9.80 Å². The van der Waals surface area contributed by atoms with Crippen molar-refractivity contribution < 1.29 is 9.59 Å². The van der Waals surface area contributed by atoms with Gasteiger partial charge in [0.15, 0.2) is 0 Å². The molecule has 0 aromatic carbocycles. The van der Waals surface area contributed by atoms with Crippen LogP contribution >= 0.6 is 0 Å². The summed E-state index contributed by atoms with van der Waals surface area (Å²) in [5.41, 5.74) is 0. The maximum atomic E-state index is 12.0. The third-order valence-electron chi connectivity index (χ3n) is 3.82. The van der Waals surface area contributed by atoms with Crippen LogP contribution in [0.2, 0.25) is 0 Å². The summed E-state index contributed by atoms with van der Waals surface area (Å²) >= 11 is 0. The van der Waals surface area contributed by atoms with Crippen LogP contribution in [0.5, 0.6) is 0 Å². The molecule has 2 aliphatic rings. The fraction of sp³-hybridized carbons (Fsp3) is 0.846. The number of rotatable bonds is 4. The van der Waals surface area contributed by atoms with Gasteiger partial charge in [0.2, 0.25) is 0 Å². The molecule has 0 aromatic rings. The standard InChI is InChI=1S/C13H24N4O2/c1-2-3-6-14-12(18)16-8-4-5-11(10-16)17-9-7-15-13(17)19/h11H,2-10H2,1H3,(H,14,18)(H,15,19)/t11-/m1/s1. The fourth-order valence-corrected chi connectivity index (χ4v) is 2.71. The molecule has 2 rings (SSSR count). The predicted molar refractivity (Wildman–Crippen MR) is 73.0 cm³/mol. The number of hydrogen-bond acceptors (Lipinski definition) is 2. The molecule has 2 aliphatic heterocycles. The minimum Gasteiger partial charge on any atom is -0.338 e. The number of nitrogens with zero attached hydrogens (tertiary/aromatic N) is 2. The van der Waals surface area contributed by atoms with Crippen LogP contribution in [0.3, 0.4) is 0 Å². The van der Waals surface area contributed by atoms with Crippen LogP contribution in [0.25, 0.3) is 0 Å². The highest BCUT2D eigenvalue weighted by molar-refractivity contribution is 5.77. The summed E-state index contributed by atoms with van der Waals surface area (Å²) in [6.45, 7) is 5.78. The van der Waals surface area contributed by atoms with Crippen molar-refractivity contribution in [2.75, 3.05) is 32.7 Å². The second-order valence-electron chi connectivity index (χ2n) is 5.25. The first kappa shape index (κ1) is 14.0. The number of amides is 4. The summed E-state index contributed by atoms with van der Waals surface area (Å²) in [5.74, 6) is 0. The van der Waals surface area contributed by atoms with Crippen LogP contribution in [0, 0.1) is 0 Å². The molecule has 0 radical (unpaired) electrons. The molecular weight excluding hydrogens is 244 g/mol. The lowest BCUT2D eigenvalue weighted by atomic mass is 10.0. The quantitative estimate of drug-likeness (QED) is 0.747. The first-order chi connectivity index (χ1) is 9.22. The molecule has 2 heterocycles. The Kier molecular flexibility index (Phi) is 4.87. The number of nitrogens with one attached hydrogen (secondary N) is 2. The SMILES string of the molecule is CCCCNC(=O)N1CCC[C@@H](N2CCNC2=O)C1. The van der Waals surface area contributed by atoms with E-state index in [0.29, 0.717) is 6.54 Å². The van der Waals surface area contributed by atoms with Crippen molar-refractivity contribution in [3.05, 3.63) is 0 Å². The molecule has 2 N–H and O–H groups in total. The summed E-state index contributed by atoms with van der Waals surface area (Å²) in [7, 11) is 0. The molecular formula is C13H24N4O2. The summed E-state index contributed by atoms with van der Waals surface area (Å²) in [6, 6.07) is 0.198. The van der Waals surface area contributed by atoms with Crippen LogP contribution in [0.1, 0.15) is 32.6 Å². The van der Waals surface area contributed by atoms with Gasteiger partial charge in [0.05, 0.1) is 6.04 Å². The Bertz CT molecular complexity index is 335. The molecule has 0 aromatic heterocycles. The van der Waals surface area contributed by atoms with Crippen molar-refractivity contribution in [2.24, 2.45) is 0 Å². The van der Waals surface area contributed by atoms with Gasteiger partial charge in [-0.25, -0.2) is 9.59 Å². The zero-order valence-corrected chi connectivity index (χ0v) is 11.7. The normalized spacial score (nSPS) is 23.4. The lowest BCUT2D eigenvalue weighted by Crippen LogP contribution is -2.53. The third-order valence-corrected chi connectivity index (χ3v) is 3.82. The molecule has 108 valence electrons. The van der Waals surface area contributed by atoms with E-state index in [9.17, 15) is 9.59 Å². The molecule has 2 saturated heterocycles. The number of likely N-dealkylation sites (tertiary alicyclic amines) is 1. The Labute approximate surface area is 114 Å². The van der Waals surface area contributed by atoms with Gasteiger partial charge < -0.3 is 20.4 Å². The molecule has 1 atom stereocenters. The second kappa shape index (κ2) is 6.63. The fourth-order valence-electron chi connectivity index (χ4n) is 2.71. The molecule has 19 heavy (non-hydrogen) atoms. The molecule has 0 aliphatic carbocycles. The maximum Gasteiger partial charge on any atom is 0.317 e. The van der Waals surface area contributed by atoms with Crippen LogP contribution in [0.15, 0.2) is 0 Å². The molecule has 0 unspecified atom stereocenters. The van der Waals surface area contributed by atoms with E-state index < -0.39 is 0 Å². The van der Waals surface area contributed by atoms with Gasteiger partial charge in [0, 0.05) is 32.7 Å². The zero-order chi connectivity index (χ0) is 13.7. The van der Waals surface area contributed by atoms with Crippen molar-refractivity contribution in [3.8, 4) is 0 Å². The van der Waals surface area contributed by atoms with E-state index >= 15 is 0 Å². The minimum absolute atomic E-state index is 0.0118. The highest BCUT2D eigenvalue weighted by Gasteiger charge is 2.32. The Morgan fingerprint density at radius 1 is 1.47 bits per heavy atom.